The summed E-state index contributed by atoms with van der Waals surface area (Å²) in [5.74, 6) is 1.57. The van der Waals surface area contributed by atoms with Gasteiger partial charge in [-0.15, -0.1) is 0 Å². The molecule has 4 rings (SSSR count). The maximum absolute atomic E-state index is 12.8. The number of allylic oxidation sites excluding steroid dienone is 2. The monoisotopic (exact) mass is 374 g/mol. The van der Waals surface area contributed by atoms with Crippen LogP contribution in [0.2, 0.25) is 0 Å². The fourth-order valence-corrected chi connectivity index (χ4v) is 7.12. The maximum Gasteiger partial charge on any atom is 0.312 e. The molecule has 0 saturated heterocycles. The maximum atomic E-state index is 12.8. The first kappa shape index (κ1) is 19.0. The quantitative estimate of drug-likeness (QED) is 0.258. The van der Waals surface area contributed by atoms with E-state index in [9.17, 15) is 9.59 Å². The molecule has 4 aliphatic rings. The third kappa shape index (κ3) is 2.86. The molecular weight excluding hydrogens is 340 g/mol. The zero-order valence-corrected chi connectivity index (χ0v) is 16.8. The van der Waals surface area contributed by atoms with Crippen molar-refractivity contribution in [3.63, 3.8) is 0 Å². The Balaban J connectivity index is 1.34. The topological polar surface area (TPSA) is 52.6 Å². The van der Waals surface area contributed by atoms with Crippen LogP contribution in [0.25, 0.3) is 0 Å². The molecule has 4 aliphatic carbocycles. The van der Waals surface area contributed by atoms with E-state index in [0.717, 1.165) is 32.1 Å². The summed E-state index contributed by atoms with van der Waals surface area (Å²) in [5, 5.41) is 0. The molecule has 4 bridgehead atoms. The number of esters is 2. The lowest BCUT2D eigenvalue weighted by Crippen LogP contribution is -2.49. The first-order valence-corrected chi connectivity index (χ1v) is 11.1. The summed E-state index contributed by atoms with van der Waals surface area (Å²) in [6.07, 6.45) is 14.6. The molecule has 0 aromatic heterocycles. The van der Waals surface area contributed by atoms with Crippen molar-refractivity contribution in [3.8, 4) is 0 Å². The van der Waals surface area contributed by atoms with E-state index >= 15 is 0 Å². The van der Waals surface area contributed by atoms with Gasteiger partial charge in [-0.05, 0) is 55.3 Å². The van der Waals surface area contributed by atoms with Gasteiger partial charge < -0.3 is 9.47 Å². The second-order valence-electron chi connectivity index (χ2n) is 9.22. The van der Waals surface area contributed by atoms with Gasteiger partial charge in [0.15, 0.2) is 0 Å². The van der Waals surface area contributed by atoms with Crippen LogP contribution in [-0.2, 0) is 19.1 Å². The van der Waals surface area contributed by atoms with Crippen LogP contribution in [0, 0.1) is 40.9 Å². The molecule has 0 N–H and O–H groups in total. The van der Waals surface area contributed by atoms with Crippen molar-refractivity contribution in [2.45, 2.75) is 64.7 Å². The lowest BCUT2D eigenvalue weighted by Gasteiger charge is -2.44. The normalized spacial score (nSPS) is 40.4. The van der Waals surface area contributed by atoms with Crippen molar-refractivity contribution in [1.82, 2.24) is 0 Å². The van der Waals surface area contributed by atoms with Crippen LogP contribution in [0.1, 0.15) is 64.7 Å². The molecule has 0 aromatic carbocycles. The summed E-state index contributed by atoms with van der Waals surface area (Å²) in [4.78, 5) is 25.6. The largest absolute Gasteiger partial charge is 0.469 e. The summed E-state index contributed by atoms with van der Waals surface area (Å²) in [5.41, 5.74) is -0.352. The van der Waals surface area contributed by atoms with E-state index in [-0.39, 0.29) is 35.1 Å². The Morgan fingerprint density at radius 2 is 1.81 bits per heavy atom. The van der Waals surface area contributed by atoms with Crippen LogP contribution < -0.4 is 0 Å². The first-order chi connectivity index (χ1) is 13.1. The van der Waals surface area contributed by atoms with Gasteiger partial charge in [0.05, 0.1) is 25.0 Å². The van der Waals surface area contributed by atoms with Gasteiger partial charge in [-0.25, -0.2) is 0 Å². The molecule has 0 amide bonds. The number of fused-ring (bicyclic) bond motifs is 9. The highest BCUT2D eigenvalue weighted by atomic mass is 16.5. The number of carbonyl (C=O) groups excluding carboxylic acids is 2. The molecule has 0 radical (unpaired) electrons. The summed E-state index contributed by atoms with van der Waals surface area (Å²) in [6.45, 7) is 2.77. The lowest BCUT2D eigenvalue weighted by atomic mass is 9.58. The van der Waals surface area contributed by atoms with Gasteiger partial charge in [0.2, 0.25) is 0 Å². The molecule has 4 heteroatoms. The fraction of sp³-hybridized carbons (Fsp3) is 0.826. The van der Waals surface area contributed by atoms with Crippen molar-refractivity contribution in [1.29, 1.82) is 0 Å². The summed E-state index contributed by atoms with van der Waals surface area (Å²) in [6, 6.07) is 0. The number of hydrogen-bond donors (Lipinski definition) is 0. The van der Waals surface area contributed by atoms with Crippen LogP contribution >= 0.6 is 0 Å². The Labute approximate surface area is 163 Å². The summed E-state index contributed by atoms with van der Waals surface area (Å²) < 4.78 is 10.9. The second-order valence-corrected chi connectivity index (χ2v) is 9.22. The first-order valence-electron chi connectivity index (χ1n) is 11.1. The standard InChI is InChI=1S/C23H34O4/c1-3-4-5-6-7-8-11-27-21(24)19-14-17-13-18(19)20-15-9-10-16(12-15)23(17,20)22(25)26-2/h9-10,15-20H,3-8,11-14H2,1-2H3. The van der Waals surface area contributed by atoms with Gasteiger partial charge in [0.1, 0.15) is 0 Å². The van der Waals surface area contributed by atoms with Crippen LogP contribution in [0.15, 0.2) is 12.2 Å². The SMILES string of the molecule is CCCCCCCCOC(=O)C1CC2CC1C1C3C=CC(C3)C21C(=O)OC. The number of unbranched alkanes of at least 4 members (excludes halogenated alkanes) is 5. The van der Waals surface area contributed by atoms with E-state index in [0.29, 0.717) is 24.4 Å². The Bertz CT molecular complexity index is 611. The molecule has 3 fully saturated rings. The lowest BCUT2D eigenvalue weighted by molar-refractivity contribution is -0.167. The Hall–Kier alpha value is -1.32. The fourth-order valence-electron chi connectivity index (χ4n) is 7.12. The van der Waals surface area contributed by atoms with Crippen molar-refractivity contribution in [2.75, 3.05) is 13.7 Å². The van der Waals surface area contributed by atoms with Gasteiger partial charge in [0, 0.05) is 0 Å². The number of ether oxygens (including phenoxy) is 2. The molecule has 7 unspecified atom stereocenters. The molecule has 27 heavy (non-hydrogen) atoms. The van der Waals surface area contributed by atoms with E-state index in [1.165, 1.54) is 32.8 Å². The molecule has 0 spiro atoms. The zero-order valence-electron chi connectivity index (χ0n) is 16.8. The van der Waals surface area contributed by atoms with Crippen LogP contribution in [-0.4, -0.2) is 25.7 Å². The van der Waals surface area contributed by atoms with Crippen molar-refractivity contribution in [2.24, 2.45) is 40.9 Å². The molecule has 0 heterocycles. The smallest absolute Gasteiger partial charge is 0.312 e. The average molecular weight is 375 g/mol. The number of rotatable bonds is 9. The van der Waals surface area contributed by atoms with Crippen molar-refractivity contribution in [3.05, 3.63) is 12.2 Å². The van der Waals surface area contributed by atoms with Crippen LogP contribution in [0.4, 0.5) is 0 Å². The van der Waals surface area contributed by atoms with Gasteiger partial charge in [-0.1, -0.05) is 51.2 Å². The van der Waals surface area contributed by atoms with E-state index in [1.54, 1.807) is 0 Å². The minimum Gasteiger partial charge on any atom is -0.469 e. The molecule has 150 valence electrons. The van der Waals surface area contributed by atoms with Crippen molar-refractivity contribution >= 4 is 11.9 Å². The zero-order chi connectivity index (χ0) is 19.0. The predicted octanol–water partition coefficient (Wildman–Crippen LogP) is 4.53. The number of methoxy groups -OCH3 is 1. The minimum atomic E-state index is -0.352. The molecule has 3 saturated carbocycles. The molecular formula is C23H34O4. The average Bonchev–Trinajstić information content (AvgIpc) is 3.44. The molecule has 7 atom stereocenters. The predicted molar refractivity (Wildman–Crippen MR) is 103 cm³/mol. The second kappa shape index (κ2) is 7.60. The van der Waals surface area contributed by atoms with E-state index < -0.39 is 0 Å². The highest BCUT2D eigenvalue weighted by Crippen LogP contribution is 2.74. The molecule has 4 nitrogen and oxygen atoms in total. The minimum absolute atomic E-state index is 0.00868. The van der Waals surface area contributed by atoms with Crippen molar-refractivity contribution < 1.29 is 19.1 Å². The van der Waals surface area contributed by atoms with E-state index in [2.05, 4.69) is 19.1 Å². The highest BCUT2D eigenvalue weighted by Gasteiger charge is 2.74. The Morgan fingerprint density at radius 3 is 2.59 bits per heavy atom. The van der Waals surface area contributed by atoms with Gasteiger partial charge in [0.25, 0.3) is 0 Å². The number of carbonyl (C=O) groups is 2. The van der Waals surface area contributed by atoms with Gasteiger partial charge in [-0.3, -0.25) is 9.59 Å². The Morgan fingerprint density at radius 1 is 1.04 bits per heavy atom. The third-order valence-electron chi connectivity index (χ3n) is 8.08. The third-order valence-corrected chi connectivity index (χ3v) is 8.08. The highest BCUT2D eigenvalue weighted by molar-refractivity contribution is 5.82. The Kier molecular flexibility index (Phi) is 5.35. The van der Waals surface area contributed by atoms with Gasteiger partial charge in [-0.2, -0.15) is 0 Å². The van der Waals surface area contributed by atoms with E-state index in [4.69, 9.17) is 9.47 Å². The molecule has 0 aromatic rings. The van der Waals surface area contributed by atoms with Crippen LogP contribution in [0.5, 0.6) is 0 Å². The summed E-state index contributed by atoms with van der Waals surface area (Å²) in [7, 11) is 1.52. The summed E-state index contributed by atoms with van der Waals surface area (Å²) >= 11 is 0. The molecule has 0 aliphatic heterocycles. The van der Waals surface area contributed by atoms with Crippen LogP contribution in [0.3, 0.4) is 0 Å². The van der Waals surface area contributed by atoms with Gasteiger partial charge >= 0.3 is 11.9 Å². The number of hydrogen-bond acceptors (Lipinski definition) is 4. The van der Waals surface area contributed by atoms with E-state index in [1.807, 2.05) is 0 Å².